The second-order valence-electron chi connectivity index (χ2n) is 6.27. The Morgan fingerprint density at radius 2 is 1.88 bits per heavy atom. The summed E-state index contributed by atoms with van der Waals surface area (Å²) in [5.74, 6) is 0.958. The zero-order valence-electron chi connectivity index (χ0n) is 14.9. The van der Waals surface area contributed by atoms with E-state index >= 15 is 0 Å². The molecule has 1 saturated heterocycles. The van der Waals surface area contributed by atoms with Crippen LogP contribution in [0.1, 0.15) is 17.5 Å². The van der Waals surface area contributed by atoms with Crippen molar-refractivity contribution in [3.63, 3.8) is 0 Å². The minimum Gasteiger partial charge on any atom is -0.493 e. The van der Waals surface area contributed by atoms with Crippen molar-refractivity contribution >= 4 is 6.03 Å². The van der Waals surface area contributed by atoms with Crippen LogP contribution in [0.2, 0.25) is 0 Å². The maximum absolute atomic E-state index is 12.1. The van der Waals surface area contributed by atoms with Gasteiger partial charge in [-0.3, -0.25) is 4.90 Å². The molecular weight excluding hydrogens is 304 g/mol. The van der Waals surface area contributed by atoms with Gasteiger partial charge in [0.2, 0.25) is 0 Å². The molecule has 24 heavy (non-hydrogen) atoms. The first kappa shape index (κ1) is 18.5. The lowest BCUT2D eigenvalue weighted by Gasteiger charge is -2.34. The van der Waals surface area contributed by atoms with Crippen LogP contribution in [0.15, 0.2) is 18.2 Å². The largest absolute Gasteiger partial charge is 0.493 e. The van der Waals surface area contributed by atoms with Crippen molar-refractivity contribution in [2.75, 3.05) is 52.4 Å². The van der Waals surface area contributed by atoms with Gasteiger partial charge >= 0.3 is 6.03 Å². The van der Waals surface area contributed by atoms with Gasteiger partial charge < -0.3 is 20.7 Å². The molecule has 1 aromatic carbocycles. The molecule has 1 heterocycles. The van der Waals surface area contributed by atoms with E-state index in [1.807, 2.05) is 11.0 Å². The first-order chi connectivity index (χ1) is 11.6. The lowest BCUT2D eigenvalue weighted by atomic mass is 10.1. The number of rotatable bonds is 7. The average molecular weight is 334 g/mol. The lowest BCUT2D eigenvalue weighted by molar-refractivity contribution is 0.141. The number of piperazine rings is 1. The number of ether oxygens (including phenoxy) is 1. The van der Waals surface area contributed by atoms with Crippen LogP contribution in [0.25, 0.3) is 0 Å². The van der Waals surface area contributed by atoms with E-state index < -0.39 is 0 Å². The summed E-state index contributed by atoms with van der Waals surface area (Å²) in [7, 11) is 0. The predicted molar refractivity (Wildman–Crippen MR) is 96.5 cm³/mol. The van der Waals surface area contributed by atoms with Gasteiger partial charge in [0, 0.05) is 45.8 Å². The summed E-state index contributed by atoms with van der Waals surface area (Å²) in [6, 6.07) is 6.16. The quantitative estimate of drug-likeness (QED) is 0.739. The molecule has 1 aliphatic heterocycles. The third-order valence-electron chi connectivity index (χ3n) is 4.36. The summed E-state index contributed by atoms with van der Waals surface area (Å²) < 4.78 is 5.85. The molecule has 0 radical (unpaired) electrons. The molecule has 1 aliphatic rings. The van der Waals surface area contributed by atoms with Gasteiger partial charge in [0.1, 0.15) is 5.75 Å². The average Bonchev–Trinajstić information content (AvgIpc) is 2.57. The van der Waals surface area contributed by atoms with Crippen molar-refractivity contribution < 1.29 is 9.53 Å². The van der Waals surface area contributed by atoms with Crippen LogP contribution in [-0.2, 0) is 0 Å². The molecule has 2 amide bonds. The smallest absolute Gasteiger partial charge is 0.317 e. The zero-order chi connectivity index (χ0) is 17.4. The molecule has 3 N–H and O–H groups in total. The van der Waals surface area contributed by atoms with Gasteiger partial charge in [-0.1, -0.05) is 18.2 Å². The molecular formula is C18H30N4O2. The van der Waals surface area contributed by atoms with Gasteiger partial charge in [-0.15, -0.1) is 0 Å². The molecule has 0 aromatic heterocycles. The molecule has 1 fully saturated rings. The Hall–Kier alpha value is -1.79. The fourth-order valence-corrected chi connectivity index (χ4v) is 2.94. The Kier molecular flexibility index (Phi) is 7.34. The van der Waals surface area contributed by atoms with E-state index in [1.165, 1.54) is 0 Å². The van der Waals surface area contributed by atoms with Crippen LogP contribution in [0.3, 0.4) is 0 Å². The van der Waals surface area contributed by atoms with Gasteiger partial charge in [0.15, 0.2) is 0 Å². The Balaban J connectivity index is 1.61. The molecule has 0 spiro atoms. The minimum absolute atomic E-state index is 0.0227. The van der Waals surface area contributed by atoms with E-state index in [-0.39, 0.29) is 6.03 Å². The third-order valence-corrected chi connectivity index (χ3v) is 4.36. The molecule has 6 nitrogen and oxygen atoms in total. The molecule has 0 aliphatic carbocycles. The van der Waals surface area contributed by atoms with Gasteiger partial charge in [-0.2, -0.15) is 0 Å². The fourth-order valence-electron chi connectivity index (χ4n) is 2.94. The van der Waals surface area contributed by atoms with Crippen molar-refractivity contribution in [3.8, 4) is 5.75 Å². The van der Waals surface area contributed by atoms with Crippen LogP contribution < -0.4 is 15.8 Å². The number of hydrogen-bond acceptors (Lipinski definition) is 4. The number of hydrogen-bond donors (Lipinski definition) is 2. The third kappa shape index (κ3) is 5.39. The van der Waals surface area contributed by atoms with E-state index in [0.717, 1.165) is 56.0 Å². The molecule has 0 unspecified atom stereocenters. The van der Waals surface area contributed by atoms with Crippen molar-refractivity contribution in [2.45, 2.75) is 20.3 Å². The summed E-state index contributed by atoms with van der Waals surface area (Å²) in [6.45, 7) is 10.3. The van der Waals surface area contributed by atoms with Crippen LogP contribution in [0.4, 0.5) is 4.79 Å². The normalized spacial score (nSPS) is 15.4. The number of urea groups is 1. The maximum atomic E-state index is 12.1. The first-order valence-electron chi connectivity index (χ1n) is 8.76. The van der Waals surface area contributed by atoms with Crippen LogP contribution in [-0.4, -0.2) is 68.3 Å². The number of benzene rings is 1. The van der Waals surface area contributed by atoms with E-state index in [1.54, 1.807) is 0 Å². The molecule has 0 bridgehead atoms. The van der Waals surface area contributed by atoms with Crippen molar-refractivity contribution in [1.82, 2.24) is 15.1 Å². The SMILES string of the molecule is Cc1cccc(C)c1OCCCNC(=O)N1CCN(CCN)CC1. The first-order valence-corrected chi connectivity index (χ1v) is 8.76. The molecule has 2 rings (SSSR count). The second kappa shape index (κ2) is 9.49. The van der Waals surface area contributed by atoms with Crippen molar-refractivity contribution in [1.29, 1.82) is 0 Å². The Labute approximate surface area is 144 Å². The van der Waals surface area contributed by atoms with Gasteiger partial charge in [0.25, 0.3) is 0 Å². The fraction of sp³-hybridized carbons (Fsp3) is 0.611. The van der Waals surface area contributed by atoms with E-state index in [4.69, 9.17) is 10.5 Å². The number of amides is 2. The summed E-state index contributed by atoms with van der Waals surface area (Å²) in [6.07, 6.45) is 0.798. The van der Waals surface area contributed by atoms with E-state index in [0.29, 0.717) is 19.7 Å². The number of nitrogens with two attached hydrogens (primary N) is 1. The zero-order valence-corrected chi connectivity index (χ0v) is 14.9. The minimum atomic E-state index is 0.0227. The summed E-state index contributed by atoms with van der Waals surface area (Å²) in [5.41, 5.74) is 7.86. The van der Waals surface area contributed by atoms with Crippen LogP contribution in [0, 0.1) is 13.8 Å². The summed E-state index contributed by atoms with van der Waals surface area (Å²) >= 11 is 0. The van der Waals surface area contributed by atoms with Gasteiger partial charge in [-0.05, 0) is 31.4 Å². The predicted octanol–water partition coefficient (Wildman–Crippen LogP) is 1.36. The number of para-hydroxylation sites is 1. The number of nitrogens with one attached hydrogen (secondary N) is 1. The Bertz CT molecular complexity index is 508. The van der Waals surface area contributed by atoms with Crippen molar-refractivity contribution in [3.05, 3.63) is 29.3 Å². The van der Waals surface area contributed by atoms with Crippen LogP contribution >= 0.6 is 0 Å². The molecule has 6 heteroatoms. The number of carbonyl (C=O) groups excluding carboxylic acids is 1. The summed E-state index contributed by atoms with van der Waals surface area (Å²) in [5, 5.41) is 2.98. The summed E-state index contributed by atoms with van der Waals surface area (Å²) in [4.78, 5) is 16.3. The monoisotopic (exact) mass is 334 g/mol. The standard InChI is InChI=1S/C18H30N4O2/c1-15-5-3-6-16(2)17(15)24-14-4-8-20-18(23)22-12-10-21(9-7-19)11-13-22/h3,5-6H,4,7-14,19H2,1-2H3,(H,20,23). The highest BCUT2D eigenvalue weighted by Gasteiger charge is 2.19. The number of nitrogens with zero attached hydrogens (tertiary/aromatic N) is 2. The van der Waals surface area contributed by atoms with E-state index in [9.17, 15) is 4.79 Å². The Morgan fingerprint density at radius 1 is 1.21 bits per heavy atom. The van der Waals surface area contributed by atoms with Crippen LogP contribution in [0.5, 0.6) is 5.75 Å². The highest BCUT2D eigenvalue weighted by atomic mass is 16.5. The number of carbonyl (C=O) groups is 1. The highest BCUT2D eigenvalue weighted by molar-refractivity contribution is 5.74. The molecule has 1 aromatic rings. The molecule has 0 atom stereocenters. The molecule has 134 valence electrons. The topological polar surface area (TPSA) is 70.8 Å². The van der Waals surface area contributed by atoms with E-state index in [2.05, 4.69) is 36.2 Å². The second-order valence-corrected chi connectivity index (χ2v) is 6.27. The highest BCUT2D eigenvalue weighted by Crippen LogP contribution is 2.22. The van der Waals surface area contributed by atoms with Gasteiger partial charge in [-0.25, -0.2) is 4.79 Å². The lowest BCUT2D eigenvalue weighted by Crippen LogP contribution is -2.52. The Morgan fingerprint density at radius 3 is 2.50 bits per heavy atom. The maximum Gasteiger partial charge on any atom is 0.317 e. The molecule has 0 saturated carbocycles. The number of aryl methyl sites for hydroxylation is 2. The van der Waals surface area contributed by atoms with Gasteiger partial charge in [0.05, 0.1) is 6.61 Å². The van der Waals surface area contributed by atoms with Crippen molar-refractivity contribution in [2.24, 2.45) is 5.73 Å².